The maximum absolute atomic E-state index is 10.3. The Hall–Kier alpha value is -0.540. The van der Waals surface area contributed by atoms with E-state index in [0.29, 0.717) is 5.02 Å². The molecule has 4 heteroatoms. The van der Waals surface area contributed by atoms with E-state index in [1.54, 1.807) is 6.07 Å². The van der Waals surface area contributed by atoms with E-state index in [2.05, 4.69) is 0 Å². The van der Waals surface area contributed by atoms with Crippen molar-refractivity contribution in [2.24, 2.45) is 0 Å². The minimum atomic E-state index is -0.663. The van der Waals surface area contributed by atoms with E-state index in [9.17, 15) is 5.11 Å². The molecular weight excluding hydrogens is 275 g/mol. The zero-order valence-corrected chi connectivity index (χ0v) is 11.8. The van der Waals surface area contributed by atoms with E-state index in [-0.39, 0.29) is 0 Å². The molecule has 1 heterocycles. The molecule has 0 aliphatic rings. The van der Waals surface area contributed by atoms with E-state index in [0.717, 1.165) is 25.9 Å². The standard InChI is InChI=1S/C13H12Cl2OS/c1-7-3-9(6-10(14)4-7)12(16)11-5-8(2)13(15)17-11/h3-6,12,16H,1-2H3. The third-order valence-electron chi connectivity index (χ3n) is 2.53. The van der Waals surface area contributed by atoms with Gasteiger partial charge >= 0.3 is 0 Å². The van der Waals surface area contributed by atoms with Crippen LogP contribution in [0.3, 0.4) is 0 Å². The fourth-order valence-electron chi connectivity index (χ4n) is 1.71. The molecule has 0 saturated carbocycles. The molecule has 17 heavy (non-hydrogen) atoms. The summed E-state index contributed by atoms with van der Waals surface area (Å²) < 4.78 is 0.720. The van der Waals surface area contributed by atoms with Crippen molar-refractivity contribution in [3.05, 3.63) is 55.2 Å². The van der Waals surface area contributed by atoms with Crippen LogP contribution >= 0.6 is 34.5 Å². The first-order valence-electron chi connectivity index (χ1n) is 5.18. The average molecular weight is 287 g/mol. The Morgan fingerprint density at radius 2 is 1.82 bits per heavy atom. The molecule has 0 aliphatic heterocycles. The van der Waals surface area contributed by atoms with Crippen molar-refractivity contribution in [1.82, 2.24) is 0 Å². The van der Waals surface area contributed by atoms with Gasteiger partial charge in [0.25, 0.3) is 0 Å². The van der Waals surface area contributed by atoms with Gasteiger partial charge in [-0.2, -0.15) is 0 Å². The summed E-state index contributed by atoms with van der Waals surface area (Å²) in [5, 5.41) is 10.9. The molecular formula is C13H12Cl2OS. The Kier molecular flexibility index (Phi) is 3.79. The van der Waals surface area contributed by atoms with E-state index in [1.807, 2.05) is 32.0 Å². The van der Waals surface area contributed by atoms with Crippen LogP contribution in [-0.2, 0) is 0 Å². The van der Waals surface area contributed by atoms with E-state index in [4.69, 9.17) is 23.2 Å². The molecule has 0 amide bonds. The van der Waals surface area contributed by atoms with Crippen LogP contribution in [-0.4, -0.2) is 5.11 Å². The summed E-state index contributed by atoms with van der Waals surface area (Å²) >= 11 is 13.4. The van der Waals surface area contributed by atoms with Gasteiger partial charge < -0.3 is 5.11 Å². The Bertz CT molecular complexity index is 509. The van der Waals surface area contributed by atoms with E-state index < -0.39 is 6.10 Å². The molecule has 2 rings (SSSR count). The van der Waals surface area contributed by atoms with Crippen LogP contribution in [0.4, 0.5) is 0 Å². The SMILES string of the molecule is Cc1cc(Cl)cc(C(O)c2cc(C)c(Cl)s2)c1. The molecule has 1 aromatic heterocycles. The third kappa shape index (κ3) is 2.83. The molecule has 0 spiro atoms. The van der Waals surface area contributed by atoms with Gasteiger partial charge in [0.1, 0.15) is 6.10 Å². The zero-order chi connectivity index (χ0) is 12.6. The summed E-state index contributed by atoms with van der Waals surface area (Å²) in [6, 6.07) is 7.49. The first kappa shape index (κ1) is 12.9. The lowest BCUT2D eigenvalue weighted by atomic mass is 10.1. The highest BCUT2D eigenvalue weighted by atomic mass is 35.5. The number of hydrogen-bond donors (Lipinski definition) is 1. The van der Waals surface area contributed by atoms with Gasteiger partial charge in [0.05, 0.1) is 4.34 Å². The van der Waals surface area contributed by atoms with Crippen molar-refractivity contribution >= 4 is 34.5 Å². The first-order valence-corrected chi connectivity index (χ1v) is 6.75. The van der Waals surface area contributed by atoms with Crippen molar-refractivity contribution in [2.75, 3.05) is 0 Å². The van der Waals surface area contributed by atoms with Crippen LogP contribution in [0.15, 0.2) is 24.3 Å². The maximum atomic E-state index is 10.3. The predicted octanol–water partition coefficient (Wildman–Crippen LogP) is 4.75. The highest BCUT2D eigenvalue weighted by molar-refractivity contribution is 7.16. The van der Waals surface area contributed by atoms with E-state index in [1.165, 1.54) is 11.3 Å². The normalized spacial score (nSPS) is 12.8. The number of aliphatic hydroxyl groups excluding tert-OH is 1. The number of benzene rings is 1. The second-order valence-corrected chi connectivity index (χ2v) is 6.19. The highest BCUT2D eigenvalue weighted by Gasteiger charge is 2.15. The van der Waals surface area contributed by atoms with Gasteiger partial charge in [-0.1, -0.05) is 29.3 Å². The van der Waals surface area contributed by atoms with Crippen molar-refractivity contribution in [3.8, 4) is 0 Å². The van der Waals surface area contributed by atoms with Gasteiger partial charge in [-0.05, 0) is 48.7 Å². The smallest absolute Gasteiger partial charge is 0.113 e. The molecule has 0 aliphatic carbocycles. The molecule has 2 aromatic rings. The molecule has 1 unspecified atom stereocenters. The van der Waals surface area contributed by atoms with Crippen molar-refractivity contribution in [1.29, 1.82) is 0 Å². The molecule has 1 atom stereocenters. The average Bonchev–Trinajstić information content (AvgIpc) is 2.57. The van der Waals surface area contributed by atoms with Crippen LogP contribution < -0.4 is 0 Å². The number of aliphatic hydroxyl groups is 1. The van der Waals surface area contributed by atoms with Crippen molar-refractivity contribution in [2.45, 2.75) is 20.0 Å². The molecule has 0 saturated heterocycles. The monoisotopic (exact) mass is 286 g/mol. The molecule has 0 bridgehead atoms. The summed E-state index contributed by atoms with van der Waals surface area (Å²) in [5.41, 5.74) is 2.82. The summed E-state index contributed by atoms with van der Waals surface area (Å²) in [5.74, 6) is 0. The zero-order valence-electron chi connectivity index (χ0n) is 9.50. The third-order valence-corrected chi connectivity index (χ3v) is 4.35. The Labute approximate surface area is 115 Å². The van der Waals surface area contributed by atoms with Gasteiger partial charge in [0.2, 0.25) is 0 Å². The number of hydrogen-bond acceptors (Lipinski definition) is 2. The van der Waals surface area contributed by atoms with Crippen LogP contribution in [0.1, 0.15) is 27.7 Å². The number of halogens is 2. The maximum Gasteiger partial charge on any atom is 0.113 e. The summed E-state index contributed by atoms with van der Waals surface area (Å²) in [4.78, 5) is 0.842. The lowest BCUT2D eigenvalue weighted by Gasteiger charge is -2.10. The van der Waals surface area contributed by atoms with Gasteiger partial charge in [0, 0.05) is 9.90 Å². The molecule has 1 N–H and O–H groups in total. The molecule has 0 fully saturated rings. The quantitative estimate of drug-likeness (QED) is 0.844. The van der Waals surface area contributed by atoms with Crippen LogP contribution in [0.25, 0.3) is 0 Å². The fourth-order valence-corrected chi connectivity index (χ4v) is 3.24. The Morgan fingerprint density at radius 1 is 1.12 bits per heavy atom. The first-order chi connectivity index (χ1) is 7.97. The van der Waals surface area contributed by atoms with Gasteiger partial charge in [-0.15, -0.1) is 11.3 Å². The van der Waals surface area contributed by atoms with Crippen LogP contribution in [0.2, 0.25) is 9.36 Å². The van der Waals surface area contributed by atoms with E-state index >= 15 is 0 Å². The van der Waals surface area contributed by atoms with Crippen LogP contribution in [0.5, 0.6) is 0 Å². The molecule has 90 valence electrons. The molecule has 1 aromatic carbocycles. The molecule has 1 nitrogen and oxygen atoms in total. The minimum absolute atomic E-state index is 0.637. The molecule has 0 radical (unpaired) electrons. The lowest BCUT2D eigenvalue weighted by Crippen LogP contribution is -1.97. The van der Waals surface area contributed by atoms with Crippen molar-refractivity contribution < 1.29 is 5.11 Å². The summed E-state index contributed by atoms with van der Waals surface area (Å²) in [6.07, 6.45) is -0.663. The van der Waals surface area contributed by atoms with Crippen molar-refractivity contribution in [3.63, 3.8) is 0 Å². The van der Waals surface area contributed by atoms with Gasteiger partial charge in [0.15, 0.2) is 0 Å². The van der Waals surface area contributed by atoms with Gasteiger partial charge in [-0.25, -0.2) is 0 Å². The predicted molar refractivity (Wildman–Crippen MR) is 74.3 cm³/mol. The Morgan fingerprint density at radius 3 is 2.35 bits per heavy atom. The number of aryl methyl sites for hydroxylation is 2. The number of rotatable bonds is 2. The van der Waals surface area contributed by atoms with Crippen LogP contribution in [0, 0.1) is 13.8 Å². The number of thiophene rings is 1. The summed E-state index contributed by atoms with van der Waals surface area (Å²) in [6.45, 7) is 3.88. The summed E-state index contributed by atoms with van der Waals surface area (Å²) in [7, 11) is 0. The Balaban J connectivity index is 2.39. The lowest BCUT2D eigenvalue weighted by molar-refractivity contribution is 0.224. The highest BCUT2D eigenvalue weighted by Crippen LogP contribution is 2.34. The second-order valence-electron chi connectivity index (χ2n) is 4.07. The second kappa shape index (κ2) is 4.99. The topological polar surface area (TPSA) is 20.2 Å². The fraction of sp³-hybridized carbons (Fsp3) is 0.231. The van der Waals surface area contributed by atoms with Gasteiger partial charge in [-0.3, -0.25) is 0 Å². The largest absolute Gasteiger partial charge is 0.383 e. The minimum Gasteiger partial charge on any atom is -0.383 e.